The predicted molar refractivity (Wildman–Crippen MR) is 94.4 cm³/mol. The molecule has 0 unspecified atom stereocenters. The molecule has 2 rings (SSSR count). The molecule has 0 aliphatic heterocycles. The molecule has 0 spiro atoms. The lowest BCUT2D eigenvalue weighted by molar-refractivity contribution is -0.130. The highest BCUT2D eigenvalue weighted by molar-refractivity contribution is 6.30. The first-order valence-electron chi connectivity index (χ1n) is 7.41. The van der Waals surface area contributed by atoms with Crippen molar-refractivity contribution in [2.24, 2.45) is 0 Å². The summed E-state index contributed by atoms with van der Waals surface area (Å²) in [4.78, 5) is 24.9. The molecule has 24 heavy (non-hydrogen) atoms. The van der Waals surface area contributed by atoms with Crippen molar-refractivity contribution in [3.05, 3.63) is 59.1 Å². The van der Waals surface area contributed by atoms with Gasteiger partial charge in [-0.3, -0.25) is 9.59 Å². The lowest BCUT2D eigenvalue weighted by Crippen LogP contribution is -2.27. The van der Waals surface area contributed by atoms with Crippen LogP contribution in [0.4, 0.5) is 5.69 Å². The normalized spacial score (nSPS) is 10.1. The van der Waals surface area contributed by atoms with Crippen LogP contribution in [0.1, 0.15) is 5.56 Å². The molecule has 6 heteroatoms. The zero-order valence-electron chi connectivity index (χ0n) is 13.6. The number of nitrogens with zero attached hydrogens (tertiary/aromatic N) is 1. The average molecular weight is 347 g/mol. The summed E-state index contributed by atoms with van der Waals surface area (Å²) < 4.78 is 5.38. The van der Waals surface area contributed by atoms with Gasteiger partial charge in [-0.25, -0.2) is 0 Å². The second-order valence-corrected chi connectivity index (χ2v) is 5.89. The van der Waals surface area contributed by atoms with Crippen molar-refractivity contribution >= 4 is 29.1 Å². The second-order valence-electron chi connectivity index (χ2n) is 5.45. The molecule has 126 valence electrons. The van der Waals surface area contributed by atoms with E-state index in [0.29, 0.717) is 16.5 Å². The molecule has 2 aromatic carbocycles. The Morgan fingerprint density at radius 1 is 1.04 bits per heavy atom. The van der Waals surface area contributed by atoms with Crippen molar-refractivity contribution in [2.45, 2.75) is 6.42 Å². The molecular formula is C18H19ClN2O3. The van der Waals surface area contributed by atoms with Gasteiger partial charge in [0, 0.05) is 24.8 Å². The highest BCUT2D eigenvalue weighted by atomic mass is 35.5. The Labute approximate surface area is 146 Å². The quantitative estimate of drug-likeness (QED) is 0.874. The maximum Gasteiger partial charge on any atom is 0.259 e. The van der Waals surface area contributed by atoms with E-state index in [9.17, 15) is 9.59 Å². The van der Waals surface area contributed by atoms with Crippen LogP contribution in [-0.2, 0) is 16.0 Å². The Morgan fingerprint density at radius 3 is 2.25 bits per heavy atom. The van der Waals surface area contributed by atoms with Crippen LogP contribution in [0.3, 0.4) is 0 Å². The van der Waals surface area contributed by atoms with Crippen LogP contribution in [0.25, 0.3) is 0 Å². The number of halogens is 1. The molecule has 0 saturated heterocycles. The third kappa shape index (κ3) is 5.59. The number of benzene rings is 2. The molecule has 2 aromatic rings. The lowest BCUT2D eigenvalue weighted by Gasteiger charge is -2.11. The van der Waals surface area contributed by atoms with Gasteiger partial charge in [0.15, 0.2) is 6.61 Å². The van der Waals surface area contributed by atoms with E-state index in [4.69, 9.17) is 16.3 Å². The molecule has 1 N–H and O–H groups in total. The minimum Gasteiger partial charge on any atom is -0.484 e. The van der Waals surface area contributed by atoms with Crippen molar-refractivity contribution in [3.63, 3.8) is 0 Å². The van der Waals surface area contributed by atoms with Crippen LogP contribution in [0.15, 0.2) is 48.5 Å². The Morgan fingerprint density at radius 2 is 1.67 bits per heavy atom. The number of hydrogen-bond donors (Lipinski definition) is 1. The summed E-state index contributed by atoms with van der Waals surface area (Å²) in [6.45, 7) is -0.0186. The van der Waals surface area contributed by atoms with Gasteiger partial charge in [-0.2, -0.15) is 0 Å². The largest absolute Gasteiger partial charge is 0.484 e. The maximum atomic E-state index is 12.0. The molecule has 0 aliphatic carbocycles. The van der Waals surface area contributed by atoms with Crippen LogP contribution >= 0.6 is 11.6 Å². The molecule has 2 amide bonds. The average Bonchev–Trinajstić information content (AvgIpc) is 2.56. The van der Waals surface area contributed by atoms with Gasteiger partial charge in [0.1, 0.15) is 5.75 Å². The van der Waals surface area contributed by atoms with Crippen molar-refractivity contribution in [1.82, 2.24) is 4.90 Å². The molecule has 0 aromatic heterocycles. The standard InChI is InChI=1S/C18H19ClN2O3/c1-21(2)18(23)12-24-16-9-7-15(8-10-16)20-17(22)11-13-3-5-14(19)6-4-13/h3-10H,11-12H2,1-2H3,(H,20,22). The van der Waals surface area contributed by atoms with E-state index in [1.165, 1.54) is 4.90 Å². The fourth-order valence-electron chi connectivity index (χ4n) is 1.90. The summed E-state index contributed by atoms with van der Waals surface area (Å²) in [5.41, 5.74) is 1.55. The molecule has 0 atom stereocenters. The molecule has 0 heterocycles. The number of carbonyl (C=O) groups excluding carboxylic acids is 2. The third-order valence-corrected chi connectivity index (χ3v) is 3.53. The summed E-state index contributed by atoms with van der Waals surface area (Å²) in [5, 5.41) is 3.45. The van der Waals surface area contributed by atoms with Crippen molar-refractivity contribution < 1.29 is 14.3 Å². The van der Waals surface area contributed by atoms with Crippen LogP contribution in [0, 0.1) is 0 Å². The van der Waals surface area contributed by atoms with E-state index in [1.54, 1.807) is 50.5 Å². The van der Waals surface area contributed by atoms with Gasteiger partial charge in [0.2, 0.25) is 5.91 Å². The number of nitrogens with one attached hydrogen (secondary N) is 1. The molecule has 0 radical (unpaired) electrons. The van der Waals surface area contributed by atoms with Crippen LogP contribution in [0.2, 0.25) is 5.02 Å². The molecule has 0 fully saturated rings. The van der Waals surface area contributed by atoms with Gasteiger partial charge in [0.05, 0.1) is 6.42 Å². The summed E-state index contributed by atoms with van der Waals surface area (Å²) in [6, 6.07) is 14.0. The fraction of sp³-hybridized carbons (Fsp3) is 0.222. The highest BCUT2D eigenvalue weighted by Gasteiger charge is 2.06. The Bertz CT molecular complexity index is 697. The van der Waals surface area contributed by atoms with E-state index in [2.05, 4.69) is 5.32 Å². The smallest absolute Gasteiger partial charge is 0.259 e. The molecular weight excluding hydrogens is 328 g/mol. The number of likely N-dealkylation sites (N-methyl/N-ethyl adjacent to an activating group) is 1. The number of amides is 2. The van der Waals surface area contributed by atoms with Crippen LogP contribution in [-0.4, -0.2) is 37.4 Å². The van der Waals surface area contributed by atoms with Crippen molar-refractivity contribution in [3.8, 4) is 5.75 Å². The third-order valence-electron chi connectivity index (χ3n) is 3.28. The van der Waals surface area contributed by atoms with Gasteiger partial charge < -0.3 is 15.0 Å². The number of ether oxygens (including phenoxy) is 1. The van der Waals surface area contributed by atoms with Crippen molar-refractivity contribution in [2.75, 3.05) is 26.0 Å². The number of hydrogen-bond acceptors (Lipinski definition) is 3. The first-order valence-corrected chi connectivity index (χ1v) is 7.79. The lowest BCUT2D eigenvalue weighted by atomic mass is 10.1. The summed E-state index contributed by atoms with van der Waals surface area (Å²) in [5.74, 6) is 0.338. The Hall–Kier alpha value is -2.53. The zero-order chi connectivity index (χ0) is 17.5. The van der Waals surface area contributed by atoms with Crippen LogP contribution in [0.5, 0.6) is 5.75 Å². The molecule has 5 nitrogen and oxygen atoms in total. The van der Waals surface area contributed by atoms with E-state index >= 15 is 0 Å². The fourth-order valence-corrected chi connectivity index (χ4v) is 2.03. The van der Waals surface area contributed by atoms with Gasteiger partial charge in [0.25, 0.3) is 5.91 Å². The first kappa shape index (κ1) is 17.8. The Kier molecular flexibility index (Phi) is 6.21. The first-order chi connectivity index (χ1) is 11.4. The molecule has 0 saturated carbocycles. The number of carbonyl (C=O) groups is 2. The SMILES string of the molecule is CN(C)C(=O)COc1ccc(NC(=O)Cc2ccc(Cl)cc2)cc1. The monoisotopic (exact) mass is 346 g/mol. The van der Waals surface area contributed by atoms with Gasteiger partial charge in [-0.1, -0.05) is 23.7 Å². The molecule has 0 bridgehead atoms. The van der Waals surface area contributed by atoms with E-state index < -0.39 is 0 Å². The number of anilines is 1. The van der Waals surface area contributed by atoms with Crippen molar-refractivity contribution in [1.29, 1.82) is 0 Å². The second kappa shape index (κ2) is 8.36. The van der Waals surface area contributed by atoms with Crippen LogP contribution < -0.4 is 10.1 Å². The van der Waals surface area contributed by atoms with Gasteiger partial charge in [-0.15, -0.1) is 0 Å². The highest BCUT2D eigenvalue weighted by Crippen LogP contribution is 2.16. The summed E-state index contributed by atoms with van der Waals surface area (Å²) >= 11 is 5.82. The number of rotatable bonds is 6. The minimum absolute atomic E-state index is 0.0186. The summed E-state index contributed by atoms with van der Waals surface area (Å²) in [6.07, 6.45) is 0.271. The minimum atomic E-state index is -0.117. The molecule has 0 aliphatic rings. The van der Waals surface area contributed by atoms with E-state index in [-0.39, 0.29) is 24.8 Å². The predicted octanol–water partition coefficient (Wildman–Crippen LogP) is 2.99. The summed E-state index contributed by atoms with van der Waals surface area (Å²) in [7, 11) is 3.34. The van der Waals surface area contributed by atoms with E-state index in [1.807, 2.05) is 12.1 Å². The maximum absolute atomic E-state index is 12.0. The van der Waals surface area contributed by atoms with E-state index in [0.717, 1.165) is 5.56 Å². The Balaban J connectivity index is 1.85. The van der Waals surface area contributed by atoms with Gasteiger partial charge >= 0.3 is 0 Å². The zero-order valence-corrected chi connectivity index (χ0v) is 14.3. The topological polar surface area (TPSA) is 58.6 Å². The van der Waals surface area contributed by atoms with Gasteiger partial charge in [-0.05, 0) is 42.0 Å².